The first-order chi connectivity index (χ1) is 17.1. The molecule has 2 aliphatic carbocycles. The highest BCUT2D eigenvalue weighted by atomic mass is 19.4. The number of rotatable bonds is 8. The predicted octanol–water partition coefficient (Wildman–Crippen LogP) is 3.83. The van der Waals surface area contributed by atoms with Crippen LogP contribution in [0, 0.1) is 17.8 Å². The van der Waals surface area contributed by atoms with Crippen molar-refractivity contribution in [3.63, 3.8) is 0 Å². The normalized spacial score (nSPS) is 25.4. The zero-order valence-corrected chi connectivity index (χ0v) is 20.5. The van der Waals surface area contributed by atoms with Crippen molar-refractivity contribution in [2.75, 3.05) is 26.2 Å². The summed E-state index contributed by atoms with van der Waals surface area (Å²) in [5.74, 6) is 0.734. The van der Waals surface area contributed by atoms with Crippen LogP contribution in [0.4, 0.5) is 13.2 Å². The maximum atomic E-state index is 13.3. The Bertz CT molecular complexity index is 1070. The minimum Gasteiger partial charge on any atom is -0.406 e. The van der Waals surface area contributed by atoms with Gasteiger partial charge in [-0.05, 0) is 48.3 Å². The molecule has 2 saturated carbocycles. The van der Waals surface area contributed by atoms with Crippen LogP contribution in [0.2, 0.25) is 0 Å². The lowest BCUT2D eigenvalue weighted by Crippen LogP contribution is -2.45. The summed E-state index contributed by atoms with van der Waals surface area (Å²) in [6.07, 6.45) is 3.53. The van der Waals surface area contributed by atoms with Crippen LogP contribution < -0.4 is 4.74 Å². The molecule has 1 N–H and O–H groups in total. The van der Waals surface area contributed by atoms with Gasteiger partial charge in [-0.15, -0.1) is 13.2 Å². The highest BCUT2D eigenvalue weighted by Gasteiger charge is 2.56. The molecule has 2 heterocycles. The van der Waals surface area contributed by atoms with Crippen molar-refractivity contribution in [2.45, 2.75) is 50.6 Å². The molecule has 196 valence electrons. The summed E-state index contributed by atoms with van der Waals surface area (Å²) in [4.78, 5) is 21.6. The van der Waals surface area contributed by atoms with Gasteiger partial charge >= 0.3 is 6.36 Å². The molecule has 36 heavy (non-hydrogen) atoms. The summed E-state index contributed by atoms with van der Waals surface area (Å²) in [6.45, 7) is 3.24. The third-order valence-electron chi connectivity index (χ3n) is 7.90. The highest BCUT2D eigenvalue weighted by molar-refractivity contribution is 5.92. The molecule has 0 radical (unpaired) electrons. The molecule has 10 heteroatoms. The number of likely N-dealkylation sites (tertiary alicyclic amines) is 1. The maximum Gasteiger partial charge on any atom is 0.573 e. The quantitative estimate of drug-likeness (QED) is 0.589. The monoisotopic (exact) mass is 506 g/mol. The van der Waals surface area contributed by atoms with Gasteiger partial charge in [0.2, 0.25) is 0 Å². The van der Waals surface area contributed by atoms with Crippen LogP contribution in [0.3, 0.4) is 0 Å². The molecule has 2 aromatic rings. The smallest absolute Gasteiger partial charge is 0.406 e. The number of aliphatic hydroxyl groups is 1. The summed E-state index contributed by atoms with van der Waals surface area (Å²) in [5.41, 5.74) is 0.301. The molecule has 0 spiro atoms. The molecule has 7 nitrogen and oxygen atoms in total. The molecule has 1 amide bonds. The van der Waals surface area contributed by atoms with E-state index in [1.165, 1.54) is 24.6 Å². The van der Waals surface area contributed by atoms with Crippen LogP contribution in [-0.4, -0.2) is 68.5 Å². The number of amides is 1. The van der Waals surface area contributed by atoms with Gasteiger partial charge in [-0.2, -0.15) is 0 Å². The lowest BCUT2D eigenvalue weighted by Gasteiger charge is -2.36. The van der Waals surface area contributed by atoms with Gasteiger partial charge < -0.3 is 19.3 Å². The van der Waals surface area contributed by atoms with Crippen LogP contribution >= 0.6 is 0 Å². The SMILES string of the molecule is Cn1cnc(C(=O)N(Cc2cccc(OC(F)(F)F)c2)CC2C3CN(CC4(O)CCCCC4)CC32)c1. The van der Waals surface area contributed by atoms with Crippen LogP contribution in [-0.2, 0) is 13.6 Å². The number of halogens is 3. The number of aromatic nitrogens is 2. The number of aryl methyl sites for hydroxylation is 1. The third kappa shape index (κ3) is 5.86. The van der Waals surface area contributed by atoms with Gasteiger partial charge in [0, 0.05) is 46.0 Å². The van der Waals surface area contributed by atoms with Crippen LogP contribution in [0.15, 0.2) is 36.8 Å². The van der Waals surface area contributed by atoms with Crippen molar-refractivity contribution in [3.8, 4) is 5.75 Å². The van der Waals surface area contributed by atoms with Gasteiger partial charge in [0.1, 0.15) is 11.4 Å². The minimum absolute atomic E-state index is 0.171. The van der Waals surface area contributed by atoms with Crippen LogP contribution in [0.25, 0.3) is 0 Å². The molecule has 5 rings (SSSR count). The number of imidazole rings is 1. The van der Waals surface area contributed by atoms with Gasteiger partial charge in [-0.1, -0.05) is 31.4 Å². The van der Waals surface area contributed by atoms with E-state index >= 15 is 0 Å². The molecule has 2 atom stereocenters. The van der Waals surface area contributed by atoms with Gasteiger partial charge in [0.15, 0.2) is 0 Å². The number of hydrogen-bond acceptors (Lipinski definition) is 5. The first-order valence-electron chi connectivity index (χ1n) is 12.7. The summed E-state index contributed by atoms with van der Waals surface area (Å²) in [7, 11) is 1.78. The van der Waals surface area contributed by atoms with E-state index in [2.05, 4.69) is 14.6 Å². The topological polar surface area (TPSA) is 70.8 Å². The van der Waals surface area contributed by atoms with E-state index in [4.69, 9.17) is 0 Å². The second kappa shape index (κ2) is 9.70. The molecule has 3 aliphatic rings. The number of alkyl halides is 3. The standard InChI is InChI=1S/C26H33F3N4O3/c1-31-15-23(30-17-31)24(34)33(11-18-6-5-7-19(10-18)36-26(27,28)29)14-22-20-12-32(13-21(20)22)16-25(35)8-3-2-4-9-25/h5-7,10,15,17,20-22,35H,2-4,8-9,11-14,16H2,1H3. The number of carbonyl (C=O) groups excluding carboxylic acids is 1. The fourth-order valence-corrected chi connectivity index (χ4v) is 6.14. The lowest BCUT2D eigenvalue weighted by atomic mass is 9.84. The molecular formula is C26H33F3N4O3. The molecule has 1 aromatic carbocycles. The lowest BCUT2D eigenvalue weighted by molar-refractivity contribution is -0.274. The number of fused-ring (bicyclic) bond motifs is 1. The van der Waals surface area contributed by atoms with E-state index < -0.39 is 12.0 Å². The minimum atomic E-state index is -4.77. The van der Waals surface area contributed by atoms with Crippen LogP contribution in [0.5, 0.6) is 5.75 Å². The van der Waals surface area contributed by atoms with Crippen molar-refractivity contribution < 1.29 is 27.8 Å². The summed E-state index contributed by atoms with van der Waals surface area (Å²) < 4.78 is 43.8. The zero-order chi connectivity index (χ0) is 25.5. The molecular weight excluding hydrogens is 473 g/mol. The number of carbonyl (C=O) groups is 1. The molecule has 1 aliphatic heterocycles. The Morgan fingerprint density at radius 3 is 2.58 bits per heavy atom. The van der Waals surface area contributed by atoms with E-state index in [9.17, 15) is 23.1 Å². The van der Waals surface area contributed by atoms with E-state index in [0.29, 0.717) is 35.6 Å². The van der Waals surface area contributed by atoms with E-state index in [-0.39, 0.29) is 18.2 Å². The van der Waals surface area contributed by atoms with Crippen molar-refractivity contribution in [1.82, 2.24) is 19.4 Å². The number of benzene rings is 1. The van der Waals surface area contributed by atoms with E-state index in [1.54, 1.807) is 35.1 Å². The summed E-state index contributed by atoms with van der Waals surface area (Å²) in [6, 6.07) is 5.77. The maximum absolute atomic E-state index is 13.3. The zero-order valence-electron chi connectivity index (χ0n) is 20.5. The second-order valence-corrected chi connectivity index (χ2v) is 10.8. The average Bonchev–Trinajstić information content (AvgIpc) is 3.13. The Kier molecular flexibility index (Phi) is 6.76. The van der Waals surface area contributed by atoms with E-state index in [1.807, 2.05) is 0 Å². The molecule has 2 unspecified atom stereocenters. The van der Waals surface area contributed by atoms with Gasteiger partial charge in [0.25, 0.3) is 5.91 Å². The van der Waals surface area contributed by atoms with Crippen LogP contribution in [0.1, 0.15) is 48.2 Å². The largest absolute Gasteiger partial charge is 0.573 e. The molecule has 1 aromatic heterocycles. The Balaban J connectivity index is 1.24. The number of piperidine rings is 1. The fraction of sp³-hybridized carbons (Fsp3) is 0.615. The summed E-state index contributed by atoms with van der Waals surface area (Å²) >= 11 is 0. The number of β-amino-alcohol motifs (C(OH)–C–C–N with tert-alkyl or cyclic N) is 1. The fourth-order valence-electron chi connectivity index (χ4n) is 6.14. The average molecular weight is 507 g/mol. The summed E-state index contributed by atoms with van der Waals surface area (Å²) in [5, 5.41) is 10.9. The van der Waals surface area contributed by atoms with Gasteiger partial charge in [0.05, 0.1) is 11.9 Å². The molecule has 3 fully saturated rings. The van der Waals surface area contributed by atoms with Gasteiger partial charge in [-0.3, -0.25) is 9.69 Å². The Morgan fingerprint density at radius 1 is 1.22 bits per heavy atom. The van der Waals surface area contributed by atoms with E-state index in [0.717, 1.165) is 45.3 Å². The number of hydrogen-bond donors (Lipinski definition) is 1. The third-order valence-corrected chi connectivity index (χ3v) is 7.90. The van der Waals surface area contributed by atoms with Crippen molar-refractivity contribution >= 4 is 5.91 Å². The van der Waals surface area contributed by atoms with Crippen molar-refractivity contribution in [1.29, 1.82) is 0 Å². The Hall–Kier alpha value is -2.59. The van der Waals surface area contributed by atoms with Crippen molar-refractivity contribution in [2.24, 2.45) is 24.8 Å². The number of nitrogens with zero attached hydrogens (tertiary/aromatic N) is 4. The van der Waals surface area contributed by atoms with Gasteiger partial charge in [-0.25, -0.2) is 4.98 Å². The Labute approximate surface area is 208 Å². The second-order valence-electron chi connectivity index (χ2n) is 10.8. The first kappa shape index (κ1) is 25.1. The Morgan fingerprint density at radius 2 is 1.94 bits per heavy atom. The number of ether oxygens (including phenoxy) is 1. The highest BCUT2D eigenvalue weighted by Crippen LogP contribution is 2.52. The predicted molar refractivity (Wildman–Crippen MR) is 126 cm³/mol. The van der Waals surface area contributed by atoms with Crippen molar-refractivity contribution in [3.05, 3.63) is 48.0 Å². The molecule has 0 bridgehead atoms. The first-order valence-corrected chi connectivity index (χ1v) is 12.7. The molecule has 1 saturated heterocycles.